The van der Waals surface area contributed by atoms with Crippen molar-refractivity contribution in [3.63, 3.8) is 0 Å². The number of carboxylic acid groups (broad SMARTS) is 1. The van der Waals surface area contributed by atoms with E-state index in [1.54, 1.807) is 24.3 Å². The molecule has 6 rings (SSSR count). The number of carbonyl (C=O) groups is 2. The Bertz CT molecular complexity index is 2080. The van der Waals surface area contributed by atoms with Gasteiger partial charge in [-0.3, -0.25) is 5.32 Å². The Kier molecular flexibility index (Phi) is 11.9. The first-order valence-electron chi connectivity index (χ1n) is 15.0. The maximum atomic E-state index is 13.4. The fourth-order valence-electron chi connectivity index (χ4n) is 4.80. The minimum Gasteiger partial charge on any atom is -0.487 e. The van der Waals surface area contributed by atoms with Crippen LogP contribution in [-0.2, 0) is 26.0 Å². The number of alkyl halides is 3. The minimum atomic E-state index is -5.08. The van der Waals surface area contributed by atoms with Gasteiger partial charge in [0.1, 0.15) is 30.6 Å². The number of sulfone groups is 1. The van der Waals surface area contributed by atoms with E-state index in [1.165, 1.54) is 34.7 Å². The quantitative estimate of drug-likeness (QED) is 0.171. The highest BCUT2D eigenvalue weighted by atomic mass is 35.5. The van der Waals surface area contributed by atoms with E-state index in [9.17, 15) is 30.8 Å². The number of aromatic nitrogens is 2. The van der Waals surface area contributed by atoms with Crippen molar-refractivity contribution >= 4 is 66.6 Å². The van der Waals surface area contributed by atoms with E-state index in [0.717, 1.165) is 15.1 Å². The monoisotopic (exact) mass is 769 g/mol. The number of nitrogens with one attached hydrogen (secondary N) is 2. The summed E-state index contributed by atoms with van der Waals surface area (Å²) in [6.45, 7) is 0.966. The van der Waals surface area contributed by atoms with E-state index in [0.29, 0.717) is 40.8 Å². The maximum absolute atomic E-state index is 13.4. The van der Waals surface area contributed by atoms with Crippen molar-refractivity contribution in [2.24, 2.45) is 0 Å². The molecule has 2 aromatic heterocycles. The average Bonchev–Trinajstić information content (AvgIpc) is 3.70. The standard InChI is InChI=1S/C30H27ClFN5O5S2.C2HF3O2/c31-25-14-22(5-7-27(25)41-17-19-2-1-3-20(32)12-19)36-29-28-26(34-18-35-29)15-24(43-28)6-4-21-13-23(16-33-21)42-30(38)37-8-10-44(39,40)11-9-37;3-2(4,5)1(6)7/h1-3,5,7,12,14-15,18,21,23,33H,8-11,13,16-17H2,(H,34,35,36);(H,6,7)/t21-,23-;/m1./s1. The molecule has 2 aliphatic heterocycles. The van der Waals surface area contributed by atoms with Crippen LogP contribution < -0.4 is 15.4 Å². The molecule has 270 valence electrons. The Morgan fingerprint density at radius 1 is 1.14 bits per heavy atom. The summed E-state index contributed by atoms with van der Waals surface area (Å²) >= 11 is 7.91. The van der Waals surface area contributed by atoms with Crippen molar-refractivity contribution in [1.82, 2.24) is 20.2 Å². The third-order valence-electron chi connectivity index (χ3n) is 7.36. The summed E-state index contributed by atoms with van der Waals surface area (Å²) in [5.74, 6) is 4.32. The highest BCUT2D eigenvalue weighted by Crippen LogP contribution is 2.33. The van der Waals surface area contributed by atoms with Crippen LogP contribution in [-0.4, -0.2) is 89.9 Å². The number of ether oxygens (including phenoxy) is 2. The average molecular weight is 770 g/mol. The smallest absolute Gasteiger partial charge is 0.487 e. The number of halogens is 5. The molecule has 2 aromatic carbocycles. The van der Waals surface area contributed by atoms with Gasteiger partial charge in [0.2, 0.25) is 0 Å². The van der Waals surface area contributed by atoms with E-state index in [2.05, 4.69) is 32.4 Å². The van der Waals surface area contributed by atoms with E-state index in [-0.39, 0.29) is 49.2 Å². The summed E-state index contributed by atoms with van der Waals surface area (Å²) in [5, 5.41) is 14.1. The second-order valence-corrected chi connectivity index (χ2v) is 14.9. The zero-order chi connectivity index (χ0) is 36.8. The molecule has 19 heteroatoms. The summed E-state index contributed by atoms with van der Waals surface area (Å²) in [7, 11) is -3.07. The van der Waals surface area contributed by atoms with Gasteiger partial charge in [0.25, 0.3) is 0 Å². The Morgan fingerprint density at radius 3 is 2.57 bits per heavy atom. The Balaban J connectivity index is 0.000000654. The van der Waals surface area contributed by atoms with Gasteiger partial charge in [0.05, 0.1) is 37.7 Å². The molecule has 2 fully saturated rings. The first kappa shape index (κ1) is 37.6. The summed E-state index contributed by atoms with van der Waals surface area (Å²) in [4.78, 5) is 32.4. The fraction of sp³-hybridized carbons (Fsp3) is 0.312. The van der Waals surface area contributed by atoms with E-state index >= 15 is 0 Å². The lowest BCUT2D eigenvalue weighted by Crippen LogP contribution is -2.45. The predicted octanol–water partition coefficient (Wildman–Crippen LogP) is 5.39. The number of hydrogen-bond acceptors (Lipinski definition) is 11. The number of carboxylic acids is 1. The maximum Gasteiger partial charge on any atom is 0.490 e. The van der Waals surface area contributed by atoms with Gasteiger partial charge in [-0.2, -0.15) is 13.2 Å². The fourth-order valence-corrected chi connectivity index (χ4v) is 7.15. The largest absolute Gasteiger partial charge is 0.490 e. The van der Waals surface area contributed by atoms with Crippen molar-refractivity contribution in [3.8, 4) is 17.6 Å². The summed E-state index contributed by atoms with van der Waals surface area (Å²) in [6, 6.07) is 13.2. The molecule has 12 nitrogen and oxygen atoms in total. The molecular formula is C32H28ClF4N5O7S2. The molecule has 0 bridgehead atoms. The second kappa shape index (κ2) is 16.1. The minimum absolute atomic E-state index is 0.0375. The number of fused-ring (bicyclic) bond motifs is 1. The van der Waals surface area contributed by atoms with Gasteiger partial charge in [-0.15, -0.1) is 11.3 Å². The molecule has 0 unspecified atom stereocenters. The topological polar surface area (TPSA) is 160 Å². The molecule has 2 aliphatic rings. The van der Waals surface area contributed by atoms with Crippen LogP contribution in [0.4, 0.5) is 33.9 Å². The number of aliphatic carboxylic acids is 1. The van der Waals surface area contributed by atoms with Crippen LogP contribution in [0.25, 0.3) is 10.2 Å². The summed E-state index contributed by atoms with van der Waals surface area (Å²) < 4.78 is 80.6. The highest BCUT2D eigenvalue weighted by molar-refractivity contribution is 7.91. The van der Waals surface area contributed by atoms with E-state index < -0.39 is 28.1 Å². The van der Waals surface area contributed by atoms with Gasteiger partial charge in [0.15, 0.2) is 15.7 Å². The van der Waals surface area contributed by atoms with Gasteiger partial charge in [-0.05, 0) is 42.0 Å². The highest BCUT2D eigenvalue weighted by Gasteiger charge is 2.38. The Labute approximate surface area is 297 Å². The first-order chi connectivity index (χ1) is 24.1. The summed E-state index contributed by atoms with van der Waals surface area (Å²) in [6.07, 6.45) is -3.91. The number of amides is 1. The zero-order valence-electron chi connectivity index (χ0n) is 26.2. The van der Waals surface area contributed by atoms with Gasteiger partial charge in [0, 0.05) is 31.7 Å². The Hall–Kier alpha value is -4.70. The summed E-state index contributed by atoms with van der Waals surface area (Å²) in [5.41, 5.74) is 2.15. The normalized spacial score (nSPS) is 18.2. The first-order valence-corrected chi connectivity index (χ1v) is 18.1. The number of carbonyl (C=O) groups excluding carboxylic acids is 1. The molecule has 1 amide bonds. The van der Waals surface area contributed by atoms with Gasteiger partial charge >= 0.3 is 18.2 Å². The molecule has 51 heavy (non-hydrogen) atoms. The van der Waals surface area contributed by atoms with Crippen LogP contribution in [0.15, 0.2) is 54.9 Å². The number of hydrogen-bond donors (Lipinski definition) is 3. The van der Waals surface area contributed by atoms with Crippen molar-refractivity contribution in [3.05, 3.63) is 76.1 Å². The van der Waals surface area contributed by atoms with Crippen LogP contribution in [0, 0.1) is 17.7 Å². The van der Waals surface area contributed by atoms with Crippen LogP contribution in [0.2, 0.25) is 5.02 Å². The van der Waals surface area contributed by atoms with Crippen molar-refractivity contribution in [2.75, 3.05) is 36.5 Å². The SMILES string of the molecule is O=C(O)C(F)(F)F.O=C(O[C@H]1CN[C@H](C#Cc2cc3ncnc(Nc4ccc(OCc5cccc(F)c5)c(Cl)c4)c3s2)C1)N1CCS(=O)(=O)CC1. The zero-order valence-corrected chi connectivity index (χ0v) is 28.6. The molecule has 0 spiro atoms. The second-order valence-electron chi connectivity index (χ2n) is 11.1. The van der Waals surface area contributed by atoms with Crippen LogP contribution >= 0.6 is 22.9 Å². The number of benzene rings is 2. The lowest BCUT2D eigenvalue weighted by atomic mass is 10.2. The van der Waals surface area contributed by atoms with Crippen molar-refractivity contribution in [2.45, 2.75) is 31.3 Å². The van der Waals surface area contributed by atoms with Gasteiger partial charge in [-0.1, -0.05) is 35.6 Å². The van der Waals surface area contributed by atoms with Crippen LogP contribution in [0.1, 0.15) is 16.9 Å². The third kappa shape index (κ3) is 10.7. The van der Waals surface area contributed by atoms with Crippen molar-refractivity contribution in [1.29, 1.82) is 0 Å². The van der Waals surface area contributed by atoms with Crippen LogP contribution in [0.5, 0.6) is 5.75 Å². The molecule has 0 radical (unpaired) electrons. The predicted molar refractivity (Wildman–Crippen MR) is 180 cm³/mol. The lowest BCUT2D eigenvalue weighted by Gasteiger charge is -2.27. The van der Waals surface area contributed by atoms with Gasteiger partial charge in [-0.25, -0.2) is 32.4 Å². The molecular weight excluding hydrogens is 742 g/mol. The molecule has 0 saturated carbocycles. The molecule has 2 saturated heterocycles. The van der Waals surface area contributed by atoms with E-state index in [1.807, 2.05) is 12.1 Å². The lowest BCUT2D eigenvalue weighted by molar-refractivity contribution is -0.192. The van der Waals surface area contributed by atoms with Crippen LogP contribution in [0.3, 0.4) is 0 Å². The molecule has 4 aromatic rings. The van der Waals surface area contributed by atoms with Gasteiger partial charge < -0.3 is 24.8 Å². The molecule has 4 heterocycles. The number of thiophene rings is 1. The number of anilines is 2. The molecule has 3 N–H and O–H groups in total. The number of nitrogens with zero attached hydrogens (tertiary/aromatic N) is 3. The number of rotatable bonds is 6. The third-order valence-corrected chi connectivity index (χ3v) is 10.3. The van der Waals surface area contributed by atoms with Crippen molar-refractivity contribution < 1.29 is 50.1 Å². The molecule has 2 atom stereocenters. The van der Waals surface area contributed by atoms with E-state index in [4.69, 9.17) is 31.0 Å². The molecule has 0 aliphatic carbocycles. The Morgan fingerprint density at radius 2 is 1.88 bits per heavy atom.